The summed E-state index contributed by atoms with van der Waals surface area (Å²) >= 11 is 10.5. The van der Waals surface area contributed by atoms with Crippen molar-refractivity contribution in [3.8, 4) is 12.1 Å². The molecule has 0 unspecified atom stereocenters. The molecular formula is C35H26Cl2MnN6O5. The number of pyridine rings is 4. The van der Waals surface area contributed by atoms with Crippen LogP contribution < -0.4 is 0 Å². The van der Waals surface area contributed by atoms with Crippen molar-refractivity contribution in [3.05, 3.63) is 140 Å². The number of nitrogens with zero attached hydrogens (tertiary/aromatic N) is 6. The quantitative estimate of drug-likeness (QED) is 0.166. The van der Waals surface area contributed by atoms with E-state index in [-0.39, 0.29) is 25.3 Å². The van der Waals surface area contributed by atoms with Crippen molar-refractivity contribution in [2.75, 3.05) is 0 Å². The summed E-state index contributed by atoms with van der Waals surface area (Å²) in [5, 5.41) is 39.3. The molecule has 0 atom stereocenters. The molecule has 6 aromatic rings. The molecule has 0 bridgehead atoms. The fourth-order valence-corrected chi connectivity index (χ4v) is 5.03. The monoisotopic (exact) mass is 735 g/mol. The molecule has 4 aromatic heterocycles. The van der Waals surface area contributed by atoms with E-state index in [9.17, 15) is 9.90 Å². The van der Waals surface area contributed by atoms with Crippen LogP contribution in [0.15, 0.2) is 85.2 Å². The Morgan fingerprint density at radius 2 is 1.18 bits per heavy atom. The zero-order chi connectivity index (χ0) is 34.6. The Kier molecular flexibility index (Phi) is 14.2. The van der Waals surface area contributed by atoms with Gasteiger partial charge in [-0.3, -0.25) is 9.97 Å². The minimum absolute atomic E-state index is 0. The molecule has 0 saturated heterocycles. The van der Waals surface area contributed by atoms with Gasteiger partial charge in [0.1, 0.15) is 23.5 Å². The van der Waals surface area contributed by atoms with Crippen molar-refractivity contribution >= 4 is 51.0 Å². The van der Waals surface area contributed by atoms with Gasteiger partial charge in [-0.15, -0.1) is 0 Å². The summed E-state index contributed by atoms with van der Waals surface area (Å²) < 4.78 is 16.8. The molecule has 4 heterocycles. The van der Waals surface area contributed by atoms with Crippen LogP contribution in [0.2, 0.25) is 10.0 Å². The van der Waals surface area contributed by atoms with Crippen LogP contribution in [0.3, 0.4) is 0 Å². The predicted molar refractivity (Wildman–Crippen MR) is 178 cm³/mol. The van der Waals surface area contributed by atoms with Crippen LogP contribution in [0.4, 0.5) is 0 Å². The third-order valence-electron chi connectivity index (χ3n) is 6.67. The summed E-state index contributed by atoms with van der Waals surface area (Å²) in [6.07, 6.45) is 4.19. The Balaban J connectivity index is 0.000000241. The van der Waals surface area contributed by atoms with Crippen LogP contribution in [0, 0.1) is 22.7 Å². The number of halogens is 2. The van der Waals surface area contributed by atoms with Gasteiger partial charge in [0.05, 0.1) is 33.2 Å². The Hall–Kier alpha value is -5.33. The summed E-state index contributed by atoms with van der Waals surface area (Å²) in [7, 11) is 0. The van der Waals surface area contributed by atoms with Gasteiger partial charge in [0.15, 0.2) is 0 Å². The number of fused-ring (bicyclic) bond motifs is 2. The Morgan fingerprint density at radius 3 is 1.63 bits per heavy atom. The Morgan fingerprint density at radius 1 is 0.714 bits per heavy atom. The number of aliphatic hydroxyl groups is 1. The number of hydrogen-bond donors (Lipinski definition) is 2. The number of nitriles is 2. The molecule has 0 fully saturated rings. The number of rotatable bonds is 6. The maximum atomic E-state index is 11.1. The number of carboxylic acids is 1. The van der Waals surface area contributed by atoms with Crippen LogP contribution in [-0.2, 0) is 41.9 Å². The molecule has 0 saturated carbocycles. The van der Waals surface area contributed by atoms with Crippen molar-refractivity contribution < 1.29 is 37.5 Å². The Labute approximate surface area is 297 Å². The zero-order valence-electron chi connectivity index (χ0n) is 24.6. The molecule has 49 heavy (non-hydrogen) atoms. The van der Waals surface area contributed by atoms with E-state index in [1.165, 1.54) is 12.1 Å². The van der Waals surface area contributed by atoms with E-state index in [1.807, 2.05) is 60.7 Å². The van der Waals surface area contributed by atoms with Crippen LogP contribution in [0.25, 0.3) is 21.8 Å². The van der Waals surface area contributed by atoms with E-state index < -0.39 is 20.8 Å². The second-order valence-corrected chi connectivity index (χ2v) is 11.1. The molecule has 0 amide bonds. The summed E-state index contributed by atoms with van der Waals surface area (Å²) in [6, 6.07) is 25.3. The van der Waals surface area contributed by atoms with Crippen molar-refractivity contribution in [1.82, 2.24) is 19.9 Å². The van der Waals surface area contributed by atoms with E-state index in [2.05, 4.69) is 19.9 Å². The first-order valence-corrected chi connectivity index (χ1v) is 15.5. The molecule has 0 radical (unpaired) electrons. The number of carboxylic acid groups (broad SMARTS) is 1. The second kappa shape index (κ2) is 18.3. The first-order chi connectivity index (χ1) is 23.1. The first-order valence-electron chi connectivity index (χ1n) is 13.8. The SMILES string of the molecule is C.N#Cc1cc(C(=O)O)cc(Cc2ccc3ncc(Cl)cc3c2)n1.N#Cc1cc(CO)cc(Cc2ccc3ncc(Cl)cc3c2)n1.[O]=[Mn]=[O]. The molecule has 247 valence electrons. The van der Waals surface area contributed by atoms with Crippen molar-refractivity contribution in [3.63, 3.8) is 0 Å². The minimum atomic E-state index is -1.44. The number of aromatic carboxylic acids is 1. The van der Waals surface area contributed by atoms with E-state index in [0.717, 1.165) is 38.6 Å². The van der Waals surface area contributed by atoms with Crippen molar-refractivity contribution in [1.29, 1.82) is 10.5 Å². The Bertz CT molecular complexity index is 2270. The molecule has 0 aliphatic rings. The third kappa shape index (κ3) is 10.8. The van der Waals surface area contributed by atoms with Crippen molar-refractivity contribution in [2.24, 2.45) is 0 Å². The third-order valence-corrected chi connectivity index (χ3v) is 7.08. The number of aliphatic hydroxyl groups excluding tert-OH is 1. The molecular weight excluding hydrogens is 710 g/mol. The average Bonchev–Trinajstić information content (AvgIpc) is 3.08. The summed E-state index contributed by atoms with van der Waals surface area (Å²) in [4.78, 5) is 28.1. The normalized spacial score (nSPS) is 9.90. The van der Waals surface area contributed by atoms with E-state index in [4.69, 9.17) is 46.5 Å². The molecule has 0 aliphatic carbocycles. The molecule has 6 rings (SSSR count). The summed E-state index contributed by atoms with van der Waals surface area (Å²) in [5.74, 6) is -1.08. The topological polar surface area (TPSA) is 191 Å². The molecule has 14 heteroatoms. The first kappa shape index (κ1) is 38.1. The maximum absolute atomic E-state index is 11.1. The van der Waals surface area contributed by atoms with Gasteiger partial charge in [0, 0.05) is 47.4 Å². The van der Waals surface area contributed by atoms with Gasteiger partial charge in [0.2, 0.25) is 0 Å². The van der Waals surface area contributed by atoms with Gasteiger partial charge < -0.3 is 10.2 Å². The van der Waals surface area contributed by atoms with Crippen LogP contribution in [0.5, 0.6) is 0 Å². The van der Waals surface area contributed by atoms with E-state index in [1.54, 1.807) is 24.5 Å². The fourth-order valence-electron chi connectivity index (χ4n) is 4.70. The van der Waals surface area contributed by atoms with Crippen molar-refractivity contribution in [2.45, 2.75) is 26.9 Å². The number of benzene rings is 2. The van der Waals surface area contributed by atoms with Gasteiger partial charge in [-0.2, -0.15) is 10.5 Å². The fraction of sp³-hybridized carbons (Fsp3) is 0.114. The molecule has 11 nitrogen and oxygen atoms in total. The van der Waals surface area contributed by atoms with Gasteiger partial charge in [-0.05, 0) is 77.4 Å². The number of carbonyl (C=O) groups is 1. The van der Waals surface area contributed by atoms with Gasteiger partial charge in [-0.1, -0.05) is 42.8 Å². The molecule has 0 spiro atoms. The van der Waals surface area contributed by atoms with Gasteiger partial charge in [0.25, 0.3) is 0 Å². The van der Waals surface area contributed by atoms with E-state index in [0.29, 0.717) is 39.8 Å². The predicted octanol–water partition coefficient (Wildman–Crippen LogP) is 7.08. The average molecular weight is 736 g/mol. The summed E-state index contributed by atoms with van der Waals surface area (Å²) in [5.41, 5.74) is 6.09. The zero-order valence-corrected chi connectivity index (χ0v) is 27.3. The second-order valence-electron chi connectivity index (χ2n) is 10.0. The summed E-state index contributed by atoms with van der Waals surface area (Å²) in [6.45, 7) is -0.110. The van der Waals surface area contributed by atoms with Crippen LogP contribution in [-0.4, -0.2) is 36.1 Å². The van der Waals surface area contributed by atoms with Gasteiger partial charge in [-0.25, -0.2) is 14.8 Å². The molecule has 2 N–H and O–H groups in total. The molecule has 2 aromatic carbocycles. The standard InChI is InChI=1S/C17H10ClN3O2.C17H12ClN3O.CH4.Mn.2O/c18-13-5-11-3-10(1-2-16(11)20-9-13)4-14-6-12(17(22)23)7-15(8-19)21-14;18-14-7-13-3-11(1-2-17(13)20-9-14)4-15-5-12(10-22)6-16(8-19)21-15;;;;/h1-3,5-7,9H,4H2,(H,22,23);1-3,5-7,9,22H,4,10H2;1H4;;;. The van der Waals surface area contributed by atoms with E-state index >= 15 is 0 Å². The molecule has 0 aliphatic heterocycles. The van der Waals surface area contributed by atoms with Crippen LogP contribution >= 0.6 is 23.2 Å². The van der Waals surface area contributed by atoms with Crippen LogP contribution in [0.1, 0.15) is 57.3 Å². The number of hydrogen-bond acceptors (Lipinski definition) is 10. The number of aromatic nitrogens is 4. The van der Waals surface area contributed by atoms with Gasteiger partial charge >= 0.3 is 28.5 Å².